The number of carboxylic acids is 1. The normalized spacial score (nSPS) is 20.4. The molecule has 9 heteroatoms. The quantitative estimate of drug-likeness (QED) is 0.617. The van der Waals surface area contributed by atoms with Crippen LogP contribution in [0.15, 0.2) is 0 Å². The molecule has 134 valence electrons. The van der Waals surface area contributed by atoms with E-state index < -0.39 is 25.0 Å². The number of nitrogens with zero attached hydrogens (tertiary/aromatic N) is 2. The van der Waals surface area contributed by atoms with Crippen LogP contribution in [0.4, 0.5) is 13.6 Å². The van der Waals surface area contributed by atoms with Crippen molar-refractivity contribution in [3.8, 4) is 0 Å². The summed E-state index contributed by atoms with van der Waals surface area (Å²) in [5, 5.41) is 11.5. The lowest BCUT2D eigenvalue weighted by Gasteiger charge is -2.42. The Bertz CT molecular complexity index is 392. The van der Waals surface area contributed by atoms with Gasteiger partial charge >= 0.3 is 12.0 Å². The molecule has 0 bridgehead atoms. The molecule has 0 atom stereocenters. The number of likely N-dealkylation sites (N-methyl/N-ethyl adjacent to an activating group) is 1. The summed E-state index contributed by atoms with van der Waals surface area (Å²) in [6.07, 6.45) is -1.35. The van der Waals surface area contributed by atoms with Crippen molar-refractivity contribution in [2.24, 2.45) is 0 Å². The van der Waals surface area contributed by atoms with Crippen molar-refractivity contribution in [3.05, 3.63) is 0 Å². The standard InChI is InChI=1S/C14H25F2N3O4/c1-3-18(9-13(20)21)11-6-10(7-11)17-14(22)19(4-5-23-2)8-12(15)16/h10-12H,3-9H2,1-2H3,(H,17,22)(H,20,21). The lowest BCUT2D eigenvalue weighted by atomic mass is 9.85. The summed E-state index contributed by atoms with van der Waals surface area (Å²) in [4.78, 5) is 25.7. The number of carbonyl (C=O) groups is 2. The maximum absolute atomic E-state index is 12.5. The Morgan fingerprint density at radius 1 is 1.39 bits per heavy atom. The number of hydrogen-bond donors (Lipinski definition) is 2. The number of alkyl halides is 2. The van der Waals surface area contributed by atoms with E-state index in [-0.39, 0.29) is 31.8 Å². The Morgan fingerprint density at radius 2 is 2.04 bits per heavy atom. The molecule has 0 radical (unpaired) electrons. The summed E-state index contributed by atoms with van der Waals surface area (Å²) >= 11 is 0. The number of methoxy groups -OCH3 is 1. The third-order valence-corrected chi connectivity index (χ3v) is 3.91. The van der Waals surface area contributed by atoms with Gasteiger partial charge in [0.2, 0.25) is 0 Å². The molecule has 0 aromatic carbocycles. The van der Waals surface area contributed by atoms with Crippen LogP contribution < -0.4 is 5.32 Å². The molecule has 0 spiro atoms. The number of nitrogens with one attached hydrogen (secondary N) is 1. The molecule has 0 saturated heterocycles. The maximum Gasteiger partial charge on any atom is 0.317 e. The van der Waals surface area contributed by atoms with E-state index in [0.717, 1.165) is 4.90 Å². The van der Waals surface area contributed by atoms with E-state index in [1.807, 2.05) is 11.8 Å². The van der Waals surface area contributed by atoms with Gasteiger partial charge in [0.05, 0.1) is 19.7 Å². The molecule has 2 amide bonds. The van der Waals surface area contributed by atoms with E-state index in [0.29, 0.717) is 19.4 Å². The maximum atomic E-state index is 12.5. The predicted molar refractivity (Wildman–Crippen MR) is 79.7 cm³/mol. The molecule has 0 aromatic heterocycles. The van der Waals surface area contributed by atoms with E-state index in [4.69, 9.17) is 9.84 Å². The van der Waals surface area contributed by atoms with Crippen LogP contribution >= 0.6 is 0 Å². The number of halogens is 2. The van der Waals surface area contributed by atoms with Gasteiger partial charge in [-0.3, -0.25) is 9.69 Å². The number of urea groups is 1. The van der Waals surface area contributed by atoms with Crippen LogP contribution in [-0.4, -0.2) is 85.3 Å². The molecular formula is C14H25F2N3O4. The number of rotatable bonds is 10. The van der Waals surface area contributed by atoms with E-state index in [2.05, 4.69) is 5.32 Å². The average Bonchev–Trinajstić information content (AvgIpc) is 2.43. The molecule has 0 unspecified atom stereocenters. The summed E-state index contributed by atoms with van der Waals surface area (Å²) in [5.41, 5.74) is 0. The van der Waals surface area contributed by atoms with Crippen LogP contribution in [0.25, 0.3) is 0 Å². The fourth-order valence-electron chi connectivity index (χ4n) is 2.59. The fourth-order valence-corrected chi connectivity index (χ4v) is 2.59. The van der Waals surface area contributed by atoms with E-state index >= 15 is 0 Å². The highest BCUT2D eigenvalue weighted by Gasteiger charge is 2.35. The second kappa shape index (κ2) is 9.61. The summed E-state index contributed by atoms with van der Waals surface area (Å²) in [6, 6.07) is -0.547. The summed E-state index contributed by atoms with van der Waals surface area (Å²) in [7, 11) is 1.44. The number of hydrogen-bond acceptors (Lipinski definition) is 4. The van der Waals surface area contributed by atoms with Crippen molar-refractivity contribution < 1.29 is 28.2 Å². The number of amides is 2. The van der Waals surface area contributed by atoms with Gasteiger partial charge < -0.3 is 20.1 Å². The third kappa shape index (κ3) is 6.66. The van der Waals surface area contributed by atoms with Crippen molar-refractivity contribution in [2.75, 3.05) is 39.9 Å². The van der Waals surface area contributed by atoms with Gasteiger partial charge in [0.25, 0.3) is 6.43 Å². The molecule has 1 rings (SSSR count). The highest BCUT2D eigenvalue weighted by Crippen LogP contribution is 2.25. The molecule has 1 saturated carbocycles. The minimum atomic E-state index is -2.60. The summed E-state index contributed by atoms with van der Waals surface area (Å²) < 4.78 is 29.9. The largest absolute Gasteiger partial charge is 0.480 e. The highest BCUT2D eigenvalue weighted by atomic mass is 19.3. The Labute approximate surface area is 134 Å². The lowest BCUT2D eigenvalue weighted by molar-refractivity contribution is -0.139. The van der Waals surface area contributed by atoms with Gasteiger partial charge in [-0.2, -0.15) is 0 Å². The van der Waals surface area contributed by atoms with Crippen LogP contribution in [0.1, 0.15) is 19.8 Å². The molecule has 0 aliphatic heterocycles. The Balaban J connectivity index is 2.41. The second-order valence-corrected chi connectivity index (χ2v) is 5.56. The van der Waals surface area contributed by atoms with Crippen molar-refractivity contribution in [3.63, 3.8) is 0 Å². The van der Waals surface area contributed by atoms with Crippen molar-refractivity contribution in [1.29, 1.82) is 0 Å². The Kier molecular flexibility index (Phi) is 8.18. The Morgan fingerprint density at radius 3 is 2.52 bits per heavy atom. The van der Waals surface area contributed by atoms with E-state index in [1.54, 1.807) is 0 Å². The zero-order chi connectivity index (χ0) is 17.4. The van der Waals surface area contributed by atoms with Crippen molar-refractivity contribution in [2.45, 2.75) is 38.3 Å². The first-order valence-electron chi connectivity index (χ1n) is 7.65. The van der Waals surface area contributed by atoms with Crippen LogP contribution in [0.2, 0.25) is 0 Å². The second-order valence-electron chi connectivity index (χ2n) is 5.56. The molecule has 23 heavy (non-hydrogen) atoms. The molecule has 0 heterocycles. The third-order valence-electron chi connectivity index (χ3n) is 3.91. The minimum absolute atomic E-state index is 0.0345. The minimum Gasteiger partial charge on any atom is -0.480 e. The number of carboxylic acid groups (broad SMARTS) is 1. The smallest absolute Gasteiger partial charge is 0.317 e. The van der Waals surface area contributed by atoms with Gasteiger partial charge in [-0.05, 0) is 19.4 Å². The highest BCUT2D eigenvalue weighted by molar-refractivity contribution is 5.74. The molecule has 1 aliphatic rings. The molecule has 0 aromatic rings. The number of ether oxygens (including phenoxy) is 1. The molecular weight excluding hydrogens is 312 g/mol. The van der Waals surface area contributed by atoms with Gasteiger partial charge in [0.1, 0.15) is 0 Å². The molecule has 7 nitrogen and oxygen atoms in total. The first-order chi connectivity index (χ1) is 10.9. The topological polar surface area (TPSA) is 82.1 Å². The molecule has 2 N–H and O–H groups in total. The van der Waals surface area contributed by atoms with Crippen molar-refractivity contribution in [1.82, 2.24) is 15.1 Å². The van der Waals surface area contributed by atoms with Crippen molar-refractivity contribution >= 4 is 12.0 Å². The SMILES string of the molecule is CCN(CC(=O)O)C1CC(NC(=O)N(CCOC)CC(F)F)C1. The van der Waals surface area contributed by atoms with Gasteiger partial charge in [-0.25, -0.2) is 13.6 Å². The molecule has 1 aliphatic carbocycles. The van der Waals surface area contributed by atoms with E-state index in [1.165, 1.54) is 7.11 Å². The summed E-state index contributed by atoms with van der Waals surface area (Å²) in [6.45, 7) is 2.12. The van der Waals surface area contributed by atoms with Gasteiger partial charge in [0, 0.05) is 25.7 Å². The van der Waals surface area contributed by atoms with Crippen LogP contribution in [0, 0.1) is 0 Å². The zero-order valence-electron chi connectivity index (χ0n) is 13.5. The predicted octanol–water partition coefficient (Wildman–Crippen LogP) is 0.847. The van der Waals surface area contributed by atoms with Crippen LogP contribution in [-0.2, 0) is 9.53 Å². The van der Waals surface area contributed by atoms with Gasteiger partial charge in [-0.15, -0.1) is 0 Å². The van der Waals surface area contributed by atoms with E-state index in [9.17, 15) is 18.4 Å². The fraction of sp³-hybridized carbons (Fsp3) is 0.857. The molecule has 1 fully saturated rings. The van der Waals surface area contributed by atoms with Crippen LogP contribution in [0.5, 0.6) is 0 Å². The number of carbonyl (C=O) groups excluding carboxylic acids is 1. The monoisotopic (exact) mass is 337 g/mol. The average molecular weight is 337 g/mol. The first kappa shape index (κ1) is 19.6. The number of aliphatic carboxylic acids is 1. The lowest BCUT2D eigenvalue weighted by Crippen LogP contribution is -2.57. The Hall–Kier alpha value is -1.48. The first-order valence-corrected chi connectivity index (χ1v) is 7.65. The van der Waals surface area contributed by atoms with Crippen LogP contribution in [0.3, 0.4) is 0 Å². The zero-order valence-corrected chi connectivity index (χ0v) is 13.5. The summed E-state index contributed by atoms with van der Waals surface area (Å²) in [5.74, 6) is -0.887. The van der Waals surface area contributed by atoms with Gasteiger partial charge in [0.15, 0.2) is 0 Å². The van der Waals surface area contributed by atoms with Gasteiger partial charge in [-0.1, -0.05) is 6.92 Å².